The molecule has 26 heavy (non-hydrogen) atoms. The summed E-state index contributed by atoms with van der Waals surface area (Å²) in [4.78, 5) is 31.5. The van der Waals surface area contributed by atoms with Crippen LogP contribution < -0.4 is 5.32 Å². The number of hydrogen-bond acceptors (Lipinski definition) is 4. The Morgan fingerprint density at radius 2 is 1.96 bits per heavy atom. The van der Waals surface area contributed by atoms with E-state index in [0.717, 1.165) is 11.9 Å². The number of rotatable bonds is 4. The summed E-state index contributed by atoms with van der Waals surface area (Å²) in [6.07, 6.45) is 1.40. The molecule has 1 heterocycles. The van der Waals surface area contributed by atoms with E-state index in [1.54, 1.807) is 19.0 Å². The zero-order chi connectivity index (χ0) is 19.1. The first-order valence-electron chi connectivity index (χ1n) is 9.01. The Balaban J connectivity index is 1.73. The van der Waals surface area contributed by atoms with Gasteiger partial charge in [-0.3, -0.25) is 9.59 Å². The first kappa shape index (κ1) is 18.4. The van der Waals surface area contributed by atoms with Gasteiger partial charge in [-0.25, -0.2) is 4.98 Å². The maximum atomic E-state index is 13.0. The van der Waals surface area contributed by atoms with E-state index in [1.165, 1.54) is 0 Å². The summed E-state index contributed by atoms with van der Waals surface area (Å²) in [5.41, 5.74) is 0.441. The lowest BCUT2D eigenvalue weighted by molar-refractivity contribution is -0.142. The monoisotopic (exact) mass is 357 g/mol. The minimum atomic E-state index is -0.616. The lowest BCUT2D eigenvalue weighted by Crippen LogP contribution is -2.49. The van der Waals surface area contributed by atoms with Crippen LogP contribution in [0.5, 0.6) is 0 Å². The standard InChI is InChI=1S/C20H27N3O3/c1-19(2)13(17(24)23(4)5)10-11-20(19,3)18(25)21-12-16-22-14-8-6-7-9-15(14)26-16/h6-9,13H,10-12H2,1-5H3,(H,21,25)/t13-,20+/m0/s1. The third-order valence-electron chi connectivity index (χ3n) is 6.20. The first-order chi connectivity index (χ1) is 12.2. The van der Waals surface area contributed by atoms with Crippen LogP contribution in [-0.2, 0) is 16.1 Å². The number of aromatic nitrogens is 1. The number of nitrogens with one attached hydrogen (secondary N) is 1. The summed E-state index contributed by atoms with van der Waals surface area (Å²) >= 11 is 0. The van der Waals surface area contributed by atoms with Gasteiger partial charge in [0, 0.05) is 20.0 Å². The molecule has 0 saturated heterocycles. The van der Waals surface area contributed by atoms with Gasteiger partial charge in [-0.1, -0.05) is 32.9 Å². The van der Waals surface area contributed by atoms with Crippen molar-refractivity contribution in [1.82, 2.24) is 15.2 Å². The molecule has 0 bridgehead atoms. The van der Waals surface area contributed by atoms with Crippen LogP contribution in [0.3, 0.4) is 0 Å². The van der Waals surface area contributed by atoms with Crippen molar-refractivity contribution >= 4 is 22.9 Å². The van der Waals surface area contributed by atoms with Crippen molar-refractivity contribution in [2.45, 2.75) is 40.2 Å². The molecule has 1 aromatic heterocycles. The average Bonchev–Trinajstić information content (AvgIpc) is 3.11. The zero-order valence-electron chi connectivity index (χ0n) is 16.1. The van der Waals surface area contributed by atoms with Gasteiger partial charge in [-0.05, 0) is 30.4 Å². The largest absolute Gasteiger partial charge is 0.439 e. The molecule has 1 aliphatic carbocycles. The Morgan fingerprint density at radius 3 is 2.62 bits per heavy atom. The highest BCUT2D eigenvalue weighted by atomic mass is 16.3. The van der Waals surface area contributed by atoms with E-state index < -0.39 is 10.8 Å². The molecule has 0 spiro atoms. The SMILES string of the molecule is CN(C)C(=O)[C@@H]1CC[C@](C)(C(=O)NCc2nc3ccccc3o2)C1(C)C. The normalized spacial score (nSPS) is 24.6. The van der Waals surface area contributed by atoms with E-state index in [1.807, 2.05) is 45.0 Å². The molecule has 1 aliphatic rings. The van der Waals surface area contributed by atoms with Gasteiger partial charge in [0.15, 0.2) is 5.58 Å². The maximum Gasteiger partial charge on any atom is 0.226 e. The second-order valence-corrected chi connectivity index (χ2v) is 8.14. The van der Waals surface area contributed by atoms with Crippen LogP contribution in [0.4, 0.5) is 0 Å². The fraction of sp³-hybridized carbons (Fsp3) is 0.550. The quantitative estimate of drug-likeness (QED) is 0.913. The van der Waals surface area contributed by atoms with Crippen LogP contribution in [0, 0.1) is 16.7 Å². The Bertz CT molecular complexity index is 807. The minimum Gasteiger partial charge on any atom is -0.439 e. The van der Waals surface area contributed by atoms with E-state index in [-0.39, 0.29) is 24.3 Å². The molecule has 2 amide bonds. The smallest absolute Gasteiger partial charge is 0.226 e. The molecule has 1 aromatic carbocycles. The highest BCUT2D eigenvalue weighted by molar-refractivity contribution is 5.87. The summed E-state index contributed by atoms with van der Waals surface area (Å²) in [5, 5.41) is 2.97. The maximum absolute atomic E-state index is 13.0. The van der Waals surface area contributed by atoms with E-state index in [4.69, 9.17) is 4.42 Å². The summed E-state index contributed by atoms with van der Waals surface area (Å²) in [5.74, 6) is 0.363. The predicted molar refractivity (Wildman–Crippen MR) is 99.2 cm³/mol. The van der Waals surface area contributed by atoms with Crippen molar-refractivity contribution in [3.8, 4) is 0 Å². The minimum absolute atomic E-state index is 0.0567. The van der Waals surface area contributed by atoms with E-state index in [0.29, 0.717) is 17.9 Å². The van der Waals surface area contributed by atoms with Crippen LogP contribution in [0.1, 0.15) is 39.5 Å². The second-order valence-electron chi connectivity index (χ2n) is 8.14. The van der Waals surface area contributed by atoms with Gasteiger partial charge in [-0.15, -0.1) is 0 Å². The summed E-state index contributed by atoms with van der Waals surface area (Å²) < 4.78 is 5.67. The number of fused-ring (bicyclic) bond motifs is 1. The number of benzene rings is 1. The number of hydrogen-bond donors (Lipinski definition) is 1. The molecule has 2 aromatic rings. The molecule has 6 heteroatoms. The Labute approximate surface area is 153 Å². The van der Waals surface area contributed by atoms with Crippen molar-refractivity contribution in [2.75, 3.05) is 14.1 Å². The molecule has 140 valence electrons. The molecule has 0 aliphatic heterocycles. The molecule has 0 radical (unpaired) electrons. The summed E-state index contributed by atoms with van der Waals surface area (Å²) in [6.45, 7) is 6.24. The molecular formula is C20H27N3O3. The topological polar surface area (TPSA) is 75.4 Å². The molecule has 1 saturated carbocycles. The summed E-state index contributed by atoms with van der Waals surface area (Å²) in [7, 11) is 3.53. The van der Waals surface area contributed by atoms with E-state index in [2.05, 4.69) is 10.3 Å². The fourth-order valence-corrected chi connectivity index (χ4v) is 4.00. The number of oxazole rings is 1. The third-order valence-corrected chi connectivity index (χ3v) is 6.20. The molecule has 6 nitrogen and oxygen atoms in total. The molecule has 2 atom stereocenters. The van der Waals surface area contributed by atoms with Gasteiger partial charge in [0.2, 0.25) is 17.7 Å². The highest BCUT2D eigenvalue weighted by Gasteiger charge is 2.58. The predicted octanol–water partition coefficient (Wildman–Crippen LogP) is 2.97. The second kappa shape index (κ2) is 6.41. The van der Waals surface area contributed by atoms with Crippen molar-refractivity contribution in [3.63, 3.8) is 0 Å². The van der Waals surface area contributed by atoms with Gasteiger partial charge in [0.25, 0.3) is 0 Å². The lowest BCUT2D eigenvalue weighted by Gasteiger charge is -2.40. The summed E-state index contributed by atoms with van der Waals surface area (Å²) in [6, 6.07) is 7.52. The Morgan fingerprint density at radius 1 is 1.27 bits per heavy atom. The number of para-hydroxylation sites is 2. The molecule has 0 unspecified atom stereocenters. The number of carbonyl (C=O) groups excluding carboxylic acids is 2. The number of carbonyl (C=O) groups is 2. The molecule has 1 N–H and O–H groups in total. The fourth-order valence-electron chi connectivity index (χ4n) is 4.00. The van der Waals surface area contributed by atoms with Crippen LogP contribution >= 0.6 is 0 Å². The van der Waals surface area contributed by atoms with Gasteiger partial charge in [0.1, 0.15) is 5.52 Å². The Kier molecular flexibility index (Phi) is 4.54. The molecule has 3 rings (SSSR count). The van der Waals surface area contributed by atoms with Gasteiger partial charge in [0.05, 0.1) is 12.0 Å². The van der Waals surface area contributed by atoms with Crippen molar-refractivity contribution in [1.29, 1.82) is 0 Å². The highest BCUT2D eigenvalue weighted by Crippen LogP contribution is 2.56. The molecule has 1 fully saturated rings. The number of amides is 2. The molecular weight excluding hydrogens is 330 g/mol. The van der Waals surface area contributed by atoms with Gasteiger partial charge >= 0.3 is 0 Å². The van der Waals surface area contributed by atoms with Crippen LogP contribution in [0.2, 0.25) is 0 Å². The number of nitrogens with zero attached hydrogens (tertiary/aromatic N) is 2. The van der Waals surface area contributed by atoms with Crippen LogP contribution in [-0.4, -0.2) is 35.8 Å². The van der Waals surface area contributed by atoms with Gasteiger partial charge < -0.3 is 14.6 Å². The van der Waals surface area contributed by atoms with Crippen molar-refractivity contribution in [3.05, 3.63) is 30.2 Å². The van der Waals surface area contributed by atoms with E-state index >= 15 is 0 Å². The zero-order valence-corrected chi connectivity index (χ0v) is 16.1. The lowest BCUT2D eigenvalue weighted by atomic mass is 9.65. The van der Waals surface area contributed by atoms with Gasteiger partial charge in [-0.2, -0.15) is 0 Å². The average molecular weight is 357 g/mol. The van der Waals surface area contributed by atoms with E-state index in [9.17, 15) is 9.59 Å². The van der Waals surface area contributed by atoms with Crippen molar-refractivity contribution in [2.24, 2.45) is 16.7 Å². The third kappa shape index (κ3) is 2.87. The van der Waals surface area contributed by atoms with Crippen molar-refractivity contribution < 1.29 is 14.0 Å². The Hall–Kier alpha value is -2.37. The van der Waals surface area contributed by atoms with Crippen LogP contribution in [0.15, 0.2) is 28.7 Å². The van der Waals surface area contributed by atoms with Crippen LogP contribution in [0.25, 0.3) is 11.1 Å². The first-order valence-corrected chi connectivity index (χ1v) is 9.01.